The van der Waals surface area contributed by atoms with Crippen molar-refractivity contribution in [2.24, 2.45) is 11.3 Å². The number of amides is 1. The van der Waals surface area contributed by atoms with Crippen LogP contribution < -0.4 is 4.18 Å². The predicted molar refractivity (Wildman–Crippen MR) is 105 cm³/mol. The van der Waals surface area contributed by atoms with Crippen molar-refractivity contribution in [1.82, 2.24) is 4.90 Å². The normalized spacial score (nSPS) is 24.5. The first kappa shape index (κ1) is 21.7. The second-order valence-electron chi connectivity index (χ2n) is 8.69. The minimum absolute atomic E-state index is 0.0736. The van der Waals surface area contributed by atoms with Gasteiger partial charge in [-0.3, -0.25) is 4.79 Å². The van der Waals surface area contributed by atoms with Gasteiger partial charge in [0.1, 0.15) is 5.75 Å². The van der Waals surface area contributed by atoms with Gasteiger partial charge in [0.2, 0.25) is 5.91 Å². The Balaban J connectivity index is 1.38. The van der Waals surface area contributed by atoms with E-state index in [1.165, 1.54) is 31.7 Å². The van der Waals surface area contributed by atoms with Crippen molar-refractivity contribution in [2.45, 2.75) is 62.9 Å². The summed E-state index contributed by atoms with van der Waals surface area (Å²) in [6.07, 6.45) is 8.20. The van der Waals surface area contributed by atoms with E-state index in [0.29, 0.717) is 36.4 Å². The molecule has 5 nitrogen and oxygen atoms in total. The van der Waals surface area contributed by atoms with Gasteiger partial charge in [-0.1, -0.05) is 17.7 Å². The average molecular weight is 466 g/mol. The third-order valence-corrected chi connectivity index (χ3v) is 8.08. The zero-order chi connectivity index (χ0) is 21.7. The van der Waals surface area contributed by atoms with Crippen LogP contribution in [0, 0.1) is 11.3 Å². The SMILES string of the molecule is O=C1C(Cc2ccc(OS(=O)(=O)C(F)(F)F)cc2Cl)CCN1C1CCC2(CC1)CC2. The van der Waals surface area contributed by atoms with Gasteiger partial charge in [-0.15, -0.1) is 0 Å². The van der Waals surface area contributed by atoms with Gasteiger partial charge < -0.3 is 9.08 Å². The van der Waals surface area contributed by atoms with Crippen molar-refractivity contribution in [3.8, 4) is 5.75 Å². The molecule has 1 heterocycles. The van der Waals surface area contributed by atoms with Crippen molar-refractivity contribution < 1.29 is 30.6 Å². The Morgan fingerprint density at radius 3 is 2.37 bits per heavy atom. The lowest BCUT2D eigenvalue weighted by atomic mass is 9.83. The molecule has 1 saturated heterocycles. The predicted octanol–water partition coefficient (Wildman–Crippen LogP) is 4.68. The van der Waals surface area contributed by atoms with Crippen LogP contribution in [0.1, 0.15) is 50.5 Å². The number of likely N-dealkylation sites (tertiary alicyclic amines) is 1. The highest BCUT2D eigenvalue weighted by Gasteiger charge is 2.49. The first-order chi connectivity index (χ1) is 14.0. The molecule has 0 N–H and O–H groups in total. The maximum atomic E-state index is 12.9. The average Bonchev–Trinajstić information content (AvgIpc) is 3.31. The number of hydrogen-bond acceptors (Lipinski definition) is 4. The van der Waals surface area contributed by atoms with Gasteiger partial charge in [-0.05, 0) is 68.4 Å². The highest BCUT2D eigenvalue weighted by molar-refractivity contribution is 7.88. The number of carbonyl (C=O) groups is 1. The first-order valence-corrected chi connectivity index (χ1v) is 11.9. The number of halogens is 4. The molecule has 0 radical (unpaired) electrons. The first-order valence-electron chi connectivity index (χ1n) is 10.1. The molecule has 30 heavy (non-hydrogen) atoms. The van der Waals surface area contributed by atoms with E-state index in [4.69, 9.17) is 11.6 Å². The molecule has 0 aromatic heterocycles. The van der Waals surface area contributed by atoms with Crippen LogP contribution >= 0.6 is 11.6 Å². The summed E-state index contributed by atoms with van der Waals surface area (Å²) in [6.45, 7) is 0.712. The molecular formula is C20H23ClF3NO4S. The largest absolute Gasteiger partial charge is 0.534 e. The molecule has 1 amide bonds. The Bertz CT molecular complexity index is 936. The number of alkyl halides is 3. The van der Waals surface area contributed by atoms with E-state index in [9.17, 15) is 26.4 Å². The number of nitrogens with zero attached hydrogens (tertiary/aromatic N) is 1. The lowest BCUT2D eigenvalue weighted by molar-refractivity contribution is -0.133. The summed E-state index contributed by atoms with van der Waals surface area (Å²) >= 11 is 6.14. The van der Waals surface area contributed by atoms with Crippen LogP contribution in [0.4, 0.5) is 13.2 Å². The van der Waals surface area contributed by atoms with Crippen molar-refractivity contribution >= 4 is 27.6 Å². The molecule has 2 saturated carbocycles. The number of hydrogen-bond donors (Lipinski definition) is 0. The monoisotopic (exact) mass is 465 g/mol. The van der Waals surface area contributed by atoms with Gasteiger partial charge >= 0.3 is 15.6 Å². The fourth-order valence-corrected chi connectivity index (χ4v) is 5.40. The summed E-state index contributed by atoms with van der Waals surface area (Å²) in [4.78, 5) is 14.9. The summed E-state index contributed by atoms with van der Waals surface area (Å²) in [5.74, 6) is -0.649. The van der Waals surface area contributed by atoms with E-state index in [-0.39, 0.29) is 16.8 Å². The van der Waals surface area contributed by atoms with Crippen LogP contribution in [0.5, 0.6) is 5.75 Å². The topological polar surface area (TPSA) is 63.7 Å². The number of rotatable bonds is 5. The van der Waals surface area contributed by atoms with Gasteiger partial charge in [0.15, 0.2) is 0 Å². The second-order valence-corrected chi connectivity index (χ2v) is 10.6. The maximum absolute atomic E-state index is 12.9. The van der Waals surface area contributed by atoms with Gasteiger partial charge in [0.05, 0.1) is 0 Å². The Kier molecular flexibility index (Phi) is 5.50. The van der Waals surface area contributed by atoms with Gasteiger partial charge in [0, 0.05) is 29.6 Å². The zero-order valence-electron chi connectivity index (χ0n) is 16.3. The Morgan fingerprint density at radius 1 is 1.13 bits per heavy atom. The highest BCUT2D eigenvalue weighted by atomic mass is 35.5. The number of carbonyl (C=O) groups excluding carboxylic acids is 1. The van der Waals surface area contributed by atoms with Crippen LogP contribution in [-0.2, 0) is 21.3 Å². The molecule has 2 aliphatic carbocycles. The van der Waals surface area contributed by atoms with Gasteiger partial charge in [-0.25, -0.2) is 0 Å². The van der Waals surface area contributed by atoms with Crippen LogP contribution in [0.25, 0.3) is 0 Å². The summed E-state index contributed by atoms with van der Waals surface area (Å²) in [5.41, 5.74) is -4.37. The molecular weight excluding hydrogens is 443 g/mol. The Labute approximate surface area is 178 Å². The molecule has 166 valence electrons. The van der Waals surface area contributed by atoms with E-state index >= 15 is 0 Å². The molecule has 4 rings (SSSR count). The van der Waals surface area contributed by atoms with Crippen LogP contribution in [0.3, 0.4) is 0 Å². The van der Waals surface area contributed by atoms with E-state index in [1.807, 2.05) is 4.90 Å². The van der Waals surface area contributed by atoms with Gasteiger partial charge in [-0.2, -0.15) is 21.6 Å². The molecule has 10 heteroatoms. The zero-order valence-corrected chi connectivity index (χ0v) is 17.8. The summed E-state index contributed by atoms with van der Waals surface area (Å²) in [6, 6.07) is 3.87. The second kappa shape index (κ2) is 7.58. The highest BCUT2D eigenvalue weighted by Crippen LogP contribution is 2.56. The standard InChI is InChI=1S/C20H23ClF3NO4S/c21-17-12-16(29-30(27,28)20(22,23)24)2-1-13(17)11-14-5-10-25(18(14)26)15-3-6-19(7-4-15)8-9-19/h1-2,12,14-15H,3-11H2. The summed E-state index contributed by atoms with van der Waals surface area (Å²) in [7, 11) is -5.75. The van der Waals surface area contributed by atoms with Crippen LogP contribution in [0.15, 0.2) is 18.2 Å². The number of benzene rings is 1. The van der Waals surface area contributed by atoms with Crippen molar-refractivity contribution in [3.05, 3.63) is 28.8 Å². The smallest absolute Gasteiger partial charge is 0.376 e. The maximum Gasteiger partial charge on any atom is 0.534 e. The van der Waals surface area contributed by atoms with Gasteiger partial charge in [0.25, 0.3) is 0 Å². The van der Waals surface area contributed by atoms with E-state index in [1.54, 1.807) is 0 Å². The van der Waals surface area contributed by atoms with E-state index < -0.39 is 21.4 Å². The molecule has 1 spiro atoms. The lowest BCUT2D eigenvalue weighted by Crippen LogP contribution is -2.40. The molecule has 0 bridgehead atoms. The molecule has 1 aromatic rings. The third kappa shape index (κ3) is 4.28. The summed E-state index contributed by atoms with van der Waals surface area (Å²) < 4.78 is 63.7. The van der Waals surface area contributed by atoms with Crippen molar-refractivity contribution in [2.75, 3.05) is 6.54 Å². The quantitative estimate of drug-likeness (QED) is 0.468. The minimum atomic E-state index is -5.75. The Morgan fingerprint density at radius 2 is 1.80 bits per heavy atom. The Hall–Kier alpha value is -1.48. The summed E-state index contributed by atoms with van der Waals surface area (Å²) in [5, 5.41) is 0.0736. The van der Waals surface area contributed by atoms with E-state index in [2.05, 4.69) is 4.18 Å². The molecule has 1 unspecified atom stereocenters. The molecule has 1 aromatic carbocycles. The van der Waals surface area contributed by atoms with Crippen LogP contribution in [-0.4, -0.2) is 37.3 Å². The minimum Gasteiger partial charge on any atom is -0.376 e. The van der Waals surface area contributed by atoms with Crippen LogP contribution in [0.2, 0.25) is 5.02 Å². The molecule has 1 aliphatic heterocycles. The molecule has 3 aliphatic rings. The molecule has 3 fully saturated rings. The fraction of sp³-hybridized carbons (Fsp3) is 0.650. The van der Waals surface area contributed by atoms with Crippen molar-refractivity contribution in [1.29, 1.82) is 0 Å². The van der Waals surface area contributed by atoms with Crippen molar-refractivity contribution in [3.63, 3.8) is 0 Å². The molecule has 1 atom stereocenters. The third-order valence-electron chi connectivity index (χ3n) is 6.74. The van der Waals surface area contributed by atoms with E-state index in [0.717, 1.165) is 25.0 Å². The fourth-order valence-electron chi connectivity index (χ4n) is 4.70. The lowest BCUT2D eigenvalue weighted by Gasteiger charge is -2.35.